The maximum atomic E-state index is 13.8. The summed E-state index contributed by atoms with van der Waals surface area (Å²) in [5.74, 6) is 0.629. The molecular weight excluding hydrogens is 549 g/mol. The predicted octanol–water partition coefficient (Wildman–Crippen LogP) is 6.57. The average molecular weight is 592 g/mol. The van der Waals surface area contributed by atoms with Crippen molar-refractivity contribution in [1.82, 2.24) is 9.97 Å². The van der Waals surface area contributed by atoms with Crippen LogP contribution in [-0.2, 0) is 21.5 Å². The zero-order chi connectivity index (χ0) is 30.5. The van der Waals surface area contributed by atoms with Gasteiger partial charge in [-0.05, 0) is 94.2 Å². The minimum atomic E-state index is -0.715. The summed E-state index contributed by atoms with van der Waals surface area (Å²) in [4.78, 5) is 22.0. The molecule has 2 aromatic carbocycles. The van der Waals surface area contributed by atoms with E-state index in [0.29, 0.717) is 38.5 Å². The molecule has 1 N–H and O–H groups in total. The molecule has 0 amide bonds. The second-order valence-electron chi connectivity index (χ2n) is 12.5. The number of carboxylic acid groups (broad SMARTS) is 1. The van der Waals surface area contributed by atoms with Gasteiger partial charge in [0.1, 0.15) is 11.5 Å². The molecule has 1 aliphatic heterocycles. The van der Waals surface area contributed by atoms with E-state index in [1.54, 1.807) is 7.11 Å². The van der Waals surface area contributed by atoms with Gasteiger partial charge in [0, 0.05) is 25.1 Å². The quantitative estimate of drug-likeness (QED) is 0.268. The van der Waals surface area contributed by atoms with Crippen molar-refractivity contribution in [2.24, 2.45) is 5.92 Å². The SMILES string of the molecule is COc1ccc(C2(CCN(Cc3ccc(O[C@H]4CC[C@H](C(=O)O)CC4)cc3)c3ncc(F)cn3)CCOC(C)(C)C2)cc1. The number of nitrogens with zero attached hydrogens (tertiary/aromatic N) is 3. The fourth-order valence-electron chi connectivity index (χ4n) is 6.61. The second-order valence-corrected chi connectivity index (χ2v) is 12.5. The maximum absolute atomic E-state index is 13.8. The number of methoxy groups -OCH3 is 1. The number of carboxylic acids is 1. The molecule has 1 saturated carbocycles. The second kappa shape index (κ2) is 13.3. The summed E-state index contributed by atoms with van der Waals surface area (Å²) in [5, 5.41) is 9.26. The number of halogens is 1. The van der Waals surface area contributed by atoms with Gasteiger partial charge < -0.3 is 24.2 Å². The van der Waals surface area contributed by atoms with Crippen LogP contribution < -0.4 is 14.4 Å². The molecule has 1 unspecified atom stereocenters. The molecule has 1 aliphatic carbocycles. The first-order valence-electron chi connectivity index (χ1n) is 15.1. The van der Waals surface area contributed by atoms with Crippen LogP contribution >= 0.6 is 0 Å². The molecule has 5 rings (SSSR count). The van der Waals surface area contributed by atoms with E-state index < -0.39 is 11.8 Å². The van der Waals surface area contributed by atoms with Crippen LogP contribution in [0, 0.1) is 11.7 Å². The van der Waals surface area contributed by atoms with Crippen molar-refractivity contribution in [3.63, 3.8) is 0 Å². The molecule has 3 aromatic rings. The largest absolute Gasteiger partial charge is 0.497 e. The lowest BCUT2D eigenvalue weighted by Crippen LogP contribution is -2.45. The van der Waals surface area contributed by atoms with E-state index in [4.69, 9.17) is 14.2 Å². The van der Waals surface area contributed by atoms with E-state index in [0.717, 1.165) is 49.2 Å². The number of hydrogen-bond donors (Lipinski definition) is 1. The van der Waals surface area contributed by atoms with Gasteiger partial charge in [0.05, 0.1) is 37.1 Å². The monoisotopic (exact) mass is 591 g/mol. The fraction of sp³-hybridized carbons (Fsp3) is 0.500. The fourth-order valence-corrected chi connectivity index (χ4v) is 6.61. The molecule has 0 bridgehead atoms. The number of benzene rings is 2. The van der Waals surface area contributed by atoms with Gasteiger partial charge in [0.25, 0.3) is 0 Å². The first kappa shape index (κ1) is 30.7. The summed E-state index contributed by atoms with van der Waals surface area (Å²) in [6.07, 6.45) is 7.82. The Labute approximate surface area is 253 Å². The minimum Gasteiger partial charge on any atom is -0.497 e. The normalized spacial score (nSPS) is 23.3. The number of carbonyl (C=O) groups is 1. The minimum absolute atomic E-state index is 0.0310. The first-order chi connectivity index (χ1) is 20.6. The molecular formula is C34H42FN3O5. The summed E-state index contributed by atoms with van der Waals surface area (Å²) < 4.78 is 31.5. The van der Waals surface area contributed by atoms with E-state index in [2.05, 4.69) is 40.8 Å². The topological polar surface area (TPSA) is 94.0 Å². The van der Waals surface area contributed by atoms with E-state index in [-0.39, 0.29) is 23.0 Å². The first-order valence-corrected chi connectivity index (χ1v) is 15.1. The number of aliphatic carboxylic acids is 1. The standard InChI is InChI=1S/C34H42FN3O5/c1-33(2)23-34(17-19-42-33,26-8-14-28(41-3)15-9-26)16-18-38(32-36-20-27(35)21-37-32)22-24-4-10-29(11-5-24)43-30-12-6-25(7-13-30)31(39)40/h4-5,8-11,14-15,20-21,25,30H,6-7,12-13,16-19,22-23H2,1-3H3,(H,39,40)/t25-,30-,34?. The van der Waals surface area contributed by atoms with Crippen molar-refractivity contribution < 1.29 is 28.5 Å². The van der Waals surface area contributed by atoms with E-state index in [1.807, 2.05) is 36.4 Å². The van der Waals surface area contributed by atoms with Gasteiger partial charge in [-0.1, -0.05) is 24.3 Å². The zero-order valence-electron chi connectivity index (χ0n) is 25.3. The summed E-state index contributed by atoms with van der Waals surface area (Å²) in [6.45, 7) is 6.18. The lowest BCUT2D eigenvalue weighted by atomic mass is 9.67. The Hall–Kier alpha value is -3.72. The van der Waals surface area contributed by atoms with Crippen LogP contribution in [0.1, 0.15) is 69.9 Å². The molecule has 2 heterocycles. The molecule has 9 heteroatoms. The maximum Gasteiger partial charge on any atom is 0.306 e. The molecule has 1 saturated heterocycles. The molecule has 43 heavy (non-hydrogen) atoms. The summed E-state index contributed by atoms with van der Waals surface area (Å²) >= 11 is 0. The number of rotatable bonds is 11. The Morgan fingerprint density at radius 2 is 1.67 bits per heavy atom. The van der Waals surface area contributed by atoms with Gasteiger partial charge in [-0.3, -0.25) is 4.79 Å². The van der Waals surface area contributed by atoms with Crippen molar-refractivity contribution in [2.45, 2.75) is 82.5 Å². The summed E-state index contributed by atoms with van der Waals surface area (Å²) in [6, 6.07) is 16.3. The van der Waals surface area contributed by atoms with E-state index in [1.165, 1.54) is 18.0 Å². The van der Waals surface area contributed by atoms with Crippen LogP contribution in [0.15, 0.2) is 60.9 Å². The highest BCUT2D eigenvalue weighted by atomic mass is 19.1. The van der Waals surface area contributed by atoms with Gasteiger partial charge in [-0.15, -0.1) is 0 Å². The van der Waals surface area contributed by atoms with Gasteiger partial charge in [-0.2, -0.15) is 0 Å². The van der Waals surface area contributed by atoms with Crippen LogP contribution in [0.4, 0.5) is 10.3 Å². The predicted molar refractivity (Wildman–Crippen MR) is 162 cm³/mol. The Morgan fingerprint density at radius 1 is 1.02 bits per heavy atom. The summed E-state index contributed by atoms with van der Waals surface area (Å²) in [5.41, 5.74) is 1.92. The highest BCUT2D eigenvalue weighted by Gasteiger charge is 2.42. The average Bonchev–Trinajstić information content (AvgIpc) is 3.00. The number of ether oxygens (including phenoxy) is 3. The molecule has 0 spiro atoms. The molecule has 230 valence electrons. The van der Waals surface area contributed by atoms with Crippen molar-refractivity contribution in [3.8, 4) is 11.5 Å². The van der Waals surface area contributed by atoms with Crippen LogP contribution in [0.25, 0.3) is 0 Å². The Morgan fingerprint density at radius 3 is 2.28 bits per heavy atom. The van der Waals surface area contributed by atoms with Gasteiger partial charge in [-0.25, -0.2) is 14.4 Å². The molecule has 2 fully saturated rings. The lowest BCUT2D eigenvalue weighted by molar-refractivity contribution is -0.143. The molecule has 8 nitrogen and oxygen atoms in total. The summed E-state index contributed by atoms with van der Waals surface area (Å²) in [7, 11) is 1.67. The van der Waals surface area contributed by atoms with Crippen LogP contribution in [0.3, 0.4) is 0 Å². The Balaban J connectivity index is 1.32. The van der Waals surface area contributed by atoms with Crippen molar-refractivity contribution in [1.29, 1.82) is 0 Å². The van der Waals surface area contributed by atoms with Crippen LogP contribution in [-0.4, -0.2) is 53.0 Å². The van der Waals surface area contributed by atoms with Gasteiger partial charge in [0.2, 0.25) is 5.95 Å². The van der Waals surface area contributed by atoms with Crippen LogP contribution in [0.5, 0.6) is 11.5 Å². The Bertz CT molecular complexity index is 1340. The lowest BCUT2D eigenvalue weighted by Gasteiger charge is -2.46. The molecule has 0 radical (unpaired) electrons. The third-order valence-corrected chi connectivity index (χ3v) is 8.91. The van der Waals surface area contributed by atoms with Gasteiger partial charge >= 0.3 is 5.97 Å². The van der Waals surface area contributed by atoms with E-state index in [9.17, 15) is 14.3 Å². The number of aromatic nitrogens is 2. The highest BCUT2D eigenvalue weighted by Crippen LogP contribution is 2.44. The molecule has 1 aromatic heterocycles. The number of anilines is 1. The van der Waals surface area contributed by atoms with Crippen LogP contribution in [0.2, 0.25) is 0 Å². The third kappa shape index (κ3) is 7.82. The smallest absolute Gasteiger partial charge is 0.306 e. The van der Waals surface area contributed by atoms with Gasteiger partial charge in [0.15, 0.2) is 5.82 Å². The third-order valence-electron chi connectivity index (χ3n) is 8.91. The molecule has 1 atom stereocenters. The van der Waals surface area contributed by atoms with E-state index >= 15 is 0 Å². The highest BCUT2D eigenvalue weighted by molar-refractivity contribution is 5.70. The number of hydrogen-bond acceptors (Lipinski definition) is 7. The van der Waals surface area contributed by atoms with Crippen molar-refractivity contribution in [3.05, 3.63) is 77.9 Å². The Kier molecular flexibility index (Phi) is 9.49. The van der Waals surface area contributed by atoms with Crippen molar-refractivity contribution in [2.75, 3.05) is 25.2 Å². The van der Waals surface area contributed by atoms with Crippen molar-refractivity contribution >= 4 is 11.9 Å². The zero-order valence-corrected chi connectivity index (χ0v) is 25.3. The molecule has 2 aliphatic rings.